The number of rotatable bonds is 9. The van der Waals surface area contributed by atoms with Gasteiger partial charge in [-0.15, -0.1) is 0 Å². The standard InChI is InChI=1S/C23H29NO7S/c1-23(2,3)30-22(26)21(24)19(14-20(25)29-15-16-8-6-5-7-9-16)17-10-12-18(13-11-17)31-32(4,27)28/h5-13,19,21H,14-15,24H2,1-4H3. The number of carbonyl (C=O) groups is 2. The van der Waals surface area contributed by atoms with E-state index in [1.807, 2.05) is 30.3 Å². The van der Waals surface area contributed by atoms with Crippen molar-refractivity contribution in [2.45, 2.75) is 51.4 Å². The van der Waals surface area contributed by atoms with E-state index in [1.165, 1.54) is 12.1 Å². The molecule has 0 saturated heterocycles. The van der Waals surface area contributed by atoms with Gasteiger partial charge in [0.25, 0.3) is 0 Å². The average Bonchev–Trinajstić information content (AvgIpc) is 2.69. The molecule has 2 atom stereocenters. The lowest BCUT2D eigenvalue weighted by molar-refractivity contribution is -0.157. The summed E-state index contributed by atoms with van der Waals surface area (Å²) in [6, 6.07) is 14.0. The highest BCUT2D eigenvalue weighted by molar-refractivity contribution is 7.86. The molecule has 2 unspecified atom stereocenters. The molecule has 0 amide bonds. The van der Waals surface area contributed by atoms with Crippen molar-refractivity contribution < 1.29 is 31.7 Å². The number of ether oxygens (including phenoxy) is 2. The van der Waals surface area contributed by atoms with Crippen molar-refractivity contribution in [2.75, 3.05) is 6.26 Å². The minimum absolute atomic E-state index is 0.0925. The summed E-state index contributed by atoms with van der Waals surface area (Å²) in [5, 5.41) is 0. The third-order valence-corrected chi connectivity index (χ3v) is 4.79. The number of carbonyl (C=O) groups excluding carboxylic acids is 2. The first-order chi connectivity index (χ1) is 14.8. The van der Waals surface area contributed by atoms with Crippen LogP contribution in [0, 0.1) is 0 Å². The predicted molar refractivity (Wildman–Crippen MR) is 119 cm³/mol. The van der Waals surface area contributed by atoms with Gasteiger partial charge >= 0.3 is 22.1 Å². The number of nitrogens with two attached hydrogens (primary N) is 1. The van der Waals surface area contributed by atoms with Crippen LogP contribution < -0.4 is 9.92 Å². The minimum atomic E-state index is -3.69. The van der Waals surface area contributed by atoms with Crippen molar-refractivity contribution in [2.24, 2.45) is 5.73 Å². The third-order valence-electron chi connectivity index (χ3n) is 4.30. The average molecular weight is 464 g/mol. The maximum Gasteiger partial charge on any atom is 0.324 e. The van der Waals surface area contributed by atoms with Gasteiger partial charge in [0.2, 0.25) is 0 Å². The van der Waals surface area contributed by atoms with Gasteiger partial charge < -0.3 is 19.4 Å². The molecule has 0 spiro atoms. The van der Waals surface area contributed by atoms with E-state index in [4.69, 9.17) is 19.4 Å². The highest BCUT2D eigenvalue weighted by Gasteiger charge is 2.32. The predicted octanol–water partition coefficient (Wildman–Crippen LogP) is 2.91. The monoisotopic (exact) mass is 463 g/mol. The normalized spacial score (nSPS) is 13.7. The maximum atomic E-state index is 12.6. The molecule has 0 aliphatic rings. The van der Waals surface area contributed by atoms with Crippen molar-refractivity contribution in [3.05, 3.63) is 65.7 Å². The van der Waals surface area contributed by atoms with Crippen LogP contribution in [0.15, 0.2) is 54.6 Å². The van der Waals surface area contributed by atoms with Crippen LogP contribution in [0.2, 0.25) is 0 Å². The van der Waals surface area contributed by atoms with E-state index >= 15 is 0 Å². The molecule has 0 radical (unpaired) electrons. The topological polar surface area (TPSA) is 122 Å². The Morgan fingerprint density at radius 1 is 1.00 bits per heavy atom. The second kappa shape index (κ2) is 10.6. The Morgan fingerprint density at radius 3 is 2.12 bits per heavy atom. The smallest absolute Gasteiger partial charge is 0.324 e. The number of hydrogen-bond acceptors (Lipinski definition) is 8. The SMILES string of the molecule is CC(C)(C)OC(=O)C(N)C(CC(=O)OCc1ccccc1)c1ccc(OS(C)(=O)=O)cc1. The second-order valence-electron chi connectivity index (χ2n) is 8.37. The molecule has 32 heavy (non-hydrogen) atoms. The fourth-order valence-electron chi connectivity index (χ4n) is 2.91. The highest BCUT2D eigenvalue weighted by Crippen LogP contribution is 2.27. The van der Waals surface area contributed by atoms with E-state index in [0.717, 1.165) is 11.8 Å². The second-order valence-corrected chi connectivity index (χ2v) is 9.95. The molecule has 2 aromatic rings. The van der Waals surface area contributed by atoms with Gasteiger partial charge in [-0.2, -0.15) is 8.42 Å². The van der Waals surface area contributed by atoms with Crippen molar-refractivity contribution in [3.63, 3.8) is 0 Å². The number of esters is 2. The lowest BCUT2D eigenvalue weighted by Crippen LogP contribution is -2.42. The summed E-state index contributed by atoms with van der Waals surface area (Å²) in [5.74, 6) is -1.84. The molecule has 0 bridgehead atoms. The quantitative estimate of drug-likeness (QED) is 0.445. The zero-order valence-corrected chi connectivity index (χ0v) is 19.4. The minimum Gasteiger partial charge on any atom is -0.461 e. The van der Waals surface area contributed by atoms with Crippen molar-refractivity contribution in [1.29, 1.82) is 0 Å². The molecule has 2 aromatic carbocycles. The largest absolute Gasteiger partial charge is 0.461 e. The van der Waals surface area contributed by atoms with Crippen molar-refractivity contribution in [3.8, 4) is 5.75 Å². The van der Waals surface area contributed by atoms with Gasteiger partial charge in [0.05, 0.1) is 12.7 Å². The van der Waals surface area contributed by atoms with Crippen LogP contribution >= 0.6 is 0 Å². The van der Waals surface area contributed by atoms with E-state index in [0.29, 0.717) is 5.56 Å². The molecule has 174 valence electrons. The summed E-state index contributed by atoms with van der Waals surface area (Å²) >= 11 is 0. The third kappa shape index (κ3) is 8.68. The van der Waals surface area contributed by atoms with Crippen molar-refractivity contribution >= 4 is 22.1 Å². The van der Waals surface area contributed by atoms with Crippen molar-refractivity contribution in [1.82, 2.24) is 0 Å². The Morgan fingerprint density at radius 2 is 1.59 bits per heavy atom. The van der Waals surface area contributed by atoms with Crippen LogP contribution in [0.25, 0.3) is 0 Å². The summed E-state index contributed by atoms with van der Waals surface area (Å²) < 4.78 is 38.2. The molecule has 0 aliphatic carbocycles. The van der Waals surface area contributed by atoms with E-state index in [9.17, 15) is 18.0 Å². The Balaban J connectivity index is 2.20. The Bertz CT molecular complexity index is 1010. The fraction of sp³-hybridized carbons (Fsp3) is 0.391. The van der Waals surface area contributed by atoms with Crippen LogP contribution in [0.5, 0.6) is 5.75 Å². The first kappa shape index (κ1) is 25.4. The summed E-state index contributed by atoms with van der Waals surface area (Å²) in [5.41, 5.74) is 6.81. The molecule has 9 heteroatoms. The molecule has 2 N–H and O–H groups in total. The molecular weight excluding hydrogens is 434 g/mol. The van der Waals surface area contributed by atoms with Crippen LogP contribution in [0.3, 0.4) is 0 Å². The highest BCUT2D eigenvalue weighted by atomic mass is 32.2. The van der Waals surface area contributed by atoms with Gasteiger partial charge in [-0.3, -0.25) is 9.59 Å². The number of hydrogen-bond donors (Lipinski definition) is 1. The van der Waals surface area contributed by atoms with Crippen LogP contribution in [0.1, 0.15) is 44.2 Å². The zero-order chi connectivity index (χ0) is 23.9. The van der Waals surface area contributed by atoms with E-state index in [2.05, 4.69) is 0 Å². The Hall–Kier alpha value is -2.91. The summed E-state index contributed by atoms with van der Waals surface area (Å²) in [6.45, 7) is 5.25. The fourth-order valence-corrected chi connectivity index (χ4v) is 3.37. The van der Waals surface area contributed by atoms with Crippen LogP contribution in [0.4, 0.5) is 0 Å². The van der Waals surface area contributed by atoms with Crippen LogP contribution in [-0.4, -0.2) is 38.3 Å². The summed E-state index contributed by atoms with van der Waals surface area (Å²) in [4.78, 5) is 25.1. The first-order valence-electron chi connectivity index (χ1n) is 10.0. The van der Waals surface area contributed by atoms with Gasteiger partial charge in [0, 0.05) is 5.92 Å². The molecule has 0 aromatic heterocycles. The van der Waals surface area contributed by atoms with Crippen LogP contribution in [-0.2, 0) is 35.8 Å². The van der Waals surface area contributed by atoms with Gasteiger partial charge in [-0.1, -0.05) is 42.5 Å². The summed E-state index contributed by atoms with van der Waals surface area (Å²) in [7, 11) is -3.69. The van der Waals surface area contributed by atoms with Gasteiger partial charge in [0.1, 0.15) is 24.0 Å². The first-order valence-corrected chi connectivity index (χ1v) is 11.8. The van der Waals surface area contributed by atoms with Gasteiger partial charge in [0.15, 0.2) is 0 Å². The lowest BCUT2D eigenvalue weighted by Gasteiger charge is -2.27. The molecule has 8 nitrogen and oxygen atoms in total. The molecule has 2 rings (SSSR count). The molecular formula is C23H29NO7S. The van der Waals surface area contributed by atoms with E-state index < -0.39 is 39.6 Å². The molecule has 0 fully saturated rings. The van der Waals surface area contributed by atoms with Gasteiger partial charge in [-0.05, 0) is 44.0 Å². The molecule has 0 aliphatic heterocycles. The zero-order valence-electron chi connectivity index (χ0n) is 18.6. The Kier molecular flexibility index (Phi) is 8.40. The van der Waals surface area contributed by atoms with E-state index in [-0.39, 0.29) is 18.8 Å². The van der Waals surface area contributed by atoms with E-state index in [1.54, 1.807) is 32.9 Å². The summed E-state index contributed by atoms with van der Waals surface area (Å²) in [6.07, 6.45) is 0.768. The number of benzene rings is 2. The van der Waals surface area contributed by atoms with Gasteiger partial charge in [-0.25, -0.2) is 0 Å². The molecule has 0 heterocycles. The molecule has 0 saturated carbocycles. The maximum absolute atomic E-state index is 12.6. The lowest BCUT2D eigenvalue weighted by atomic mass is 9.88. The Labute approximate surface area is 188 Å².